The number of hydrogen-bond donors (Lipinski definition) is 2. The molecule has 3 nitrogen and oxygen atoms in total. The van der Waals surface area contributed by atoms with E-state index in [1.54, 1.807) is 0 Å². The fraction of sp³-hybridized carbons (Fsp3) is 0.647. The lowest BCUT2D eigenvalue weighted by molar-refractivity contribution is 0.173. The number of rotatable bonds is 2. The van der Waals surface area contributed by atoms with E-state index in [-0.39, 0.29) is 11.1 Å². The Hall–Kier alpha value is -1.06. The van der Waals surface area contributed by atoms with Gasteiger partial charge in [0.05, 0.1) is 0 Å². The van der Waals surface area contributed by atoms with Gasteiger partial charge in [0.1, 0.15) is 5.75 Å². The van der Waals surface area contributed by atoms with E-state index in [0.29, 0.717) is 11.7 Å². The van der Waals surface area contributed by atoms with Crippen LogP contribution in [-0.4, -0.2) is 5.11 Å². The van der Waals surface area contributed by atoms with Gasteiger partial charge >= 0.3 is 0 Å². The molecule has 1 aliphatic carbocycles. The van der Waals surface area contributed by atoms with E-state index in [1.807, 2.05) is 12.1 Å². The molecule has 0 aromatic heterocycles. The highest BCUT2D eigenvalue weighted by Crippen LogP contribution is 2.48. The van der Waals surface area contributed by atoms with Crippen LogP contribution in [0.2, 0.25) is 0 Å². The molecule has 1 unspecified atom stereocenters. The number of phenols is 1. The van der Waals surface area contributed by atoms with E-state index >= 15 is 0 Å². The molecule has 0 radical (unpaired) electrons. The van der Waals surface area contributed by atoms with Crippen LogP contribution < -0.4 is 5.48 Å². The van der Waals surface area contributed by atoms with Gasteiger partial charge in [-0.05, 0) is 36.0 Å². The number of hydrogen-bond acceptors (Lipinski definition) is 3. The minimum atomic E-state index is -0.297. The third kappa shape index (κ3) is 2.33. The SMILES string of the molecule is CC(C)(C)c1cc(C2(C3CCCCC3)NO2)ccc1O. The maximum absolute atomic E-state index is 10.1. The molecule has 20 heavy (non-hydrogen) atoms. The molecule has 1 aromatic rings. The molecule has 0 bridgehead atoms. The van der Waals surface area contributed by atoms with Gasteiger partial charge in [-0.15, -0.1) is 0 Å². The van der Waals surface area contributed by atoms with Crippen molar-refractivity contribution in [2.75, 3.05) is 0 Å². The maximum atomic E-state index is 10.1. The largest absolute Gasteiger partial charge is 0.508 e. The van der Waals surface area contributed by atoms with Gasteiger partial charge in [-0.3, -0.25) is 4.84 Å². The van der Waals surface area contributed by atoms with Gasteiger partial charge in [-0.25, -0.2) is 0 Å². The highest BCUT2D eigenvalue weighted by atomic mass is 16.8. The number of hydroxylamine groups is 1. The van der Waals surface area contributed by atoms with Crippen LogP contribution in [0.3, 0.4) is 0 Å². The van der Waals surface area contributed by atoms with Crippen molar-refractivity contribution in [1.29, 1.82) is 0 Å². The summed E-state index contributed by atoms with van der Waals surface area (Å²) in [6, 6.07) is 5.92. The lowest BCUT2D eigenvalue weighted by Gasteiger charge is -2.28. The van der Waals surface area contributed by atoms with Gasteiger partial charge in [0.2, 0.25) is 0 Å². The summed E-state index contributed by atoms with van der Waals surface area (Å²) in [6.45, 7) is 6.38. The van der Waals surface area contributed by atoms with Crippen LogP contribution >= 0.6 is 0 Å². The summed E-state index contributed by atoms with van der Waals surface area (Å²) >= 11 is 0. The predicted molar refractivity (Wildman–Crippen MR) is 79.3 cm³/mol. The van der Waals surface area contributed by atoms with Crippen LogP contribution in [0.15, 0.2) is 18.2 Å². The number of phenolic OH excluding ortho intramolecular Hbond substituents is 1. The monoisotopic (exact) mass is 275 g/mol. The maximum Gasteiger partial charge on any atom is 0.189 e. The smallest absolute Gasteiger partial charge is 0.189 e. The summed E-state index contributed by atoms with van der Waals surface area (Å²) in [4.78, 5) is 5.70. The second-order valence-electron chi connectivity index (χ2n) is 7.26. The van der Waals surface area contributed by atoms with Gasteiger partial charge < -0.3 is 5.11 Å². The summed E-state index contributed by atoms with van der Waals surface area (Å²) in [5.41, 5.74) is 4.93. The first kappa shape index (κ1) is 13.9. The molecule has 3 rings (SSSR count). The first-order chi connectivity index (χ1) is 9.43. The van der Waals surface area contributed by atoms with Crippen molar-refractivity contribution in [3.63, 3.8) is 0 Å². The fourth-order valence-corrected chi connectivity index (χ4v) is 3.45. The normalized spacial score (nSPS) is 27.6. The lowest BCUT2D eigenvalue weighted by atomic mass is 9.78. The Labute approximate surface area is 121 Å². The van der Waals surface area contributed by atoms with Crippen LogP contribution in [-0.2, 0) is 16.0 Å². The molecule has 0 amide bonds. The summed E-state index contributed by atoms with van der Waals surface area (Å²) in [5.74, 6) is 0.925. The third-order valence-corrected chi connectivity index (χ3v) is 4.74. The lowest BCUT2D eigenvalue weighted by Crippen LogP contribution is -2.27. The van der Waals surface area contributed by atoms with Crippen LogP contribution in [0.1, 0.15) is 64.0 Å². The summed E-state index contributed by atoms with van der Waals surface area (Å²) in [5, 5.41) is 10.1. The Balaban J connectivity index is 1.94. The predicted octanol–water partition coefficient (Wildman–Crippen LogP) is 3.96. The quantitative estimate of drug-likeness (QED) is 0.803. The molecular weight excluding hydrogens is 250 g/mol. The molecule has 2 aliphatic rings. The van der Waals surface area contributed by atoms with Gasteiger partial charge in [-0.1, -0.05) is 46.1 Å². The van der Waals surface area contributed by atoms with Crippen molar-refractivity contribution in [1.82, 2.24) is 5.48 Å². The molecule has 1 heterocycles. The van der Waals surface area contributed by atoms with E-state index in [4.69, 9.17) is 4.84 Å². The summed E-state index contributed by atoms with van der Waals surface area (Å²) < 4.78 is 0. The average Bonchev–Trinajstić information content (AvgIpc) is 3.20. The third-order valence-electron chi connectivity index (χ3n) is 4.74. The minimum Gasteiger partial charge on any atom is -0.508 e. The molecule has 110 valence electrons. The Bertz CT molecular complexity index is 494. The molecule has 3 heteroatoms. The van der Waals surface area contributed by atoms with E-state index < -0.39 is 0 Å². The average molecular weight is 275 g/mol. The molecule has 2 N–H and O–H groups in total. The minimum absolute atomic E-state index is 0.0667. The molecule has 1 saturated carbocycles. The summed E-state index contributed by atoms with van der Waals surface area (Å²) in [6.07, 6.45) is 6.37. The first-order valence-electron chi connectivity index (χ1n) is 7.73. The van der Waals surface area contributed by atoms with Crippen LogP contribution in [0.4, 0.5) is 0 Å². The zero-order valence-corrected chi connectivity index (χ0v) is 12.7. The van der Waals surface area contributed by atoms with Gasteiger partial charge in [0.25, 0.3) is 0 Å². The zero-order valence-electron chi connectivity index (χ0n) is 12.7. The second-order valence-corrected chi connectivity index (χ2v) is 7.26. The van der Waals surface area contributed by atoms with E-state index in [9.17, 15) is 5.11 Å². The summed E-state index contributed by atoms with van der Waals surface area (Å²) in [7, 11) is 0. The Kier molecular flexibility index (Phi) is 3.30. The fourth-order valence-electron chi connectivity index (χ4n) is 3.45. The molecule has 1 saturated heterocycles. The van der Waals surface area contributed by atoms with Crippen molar-refractivity contribution in [2.45, 2.75) is 64.0 Å². The number of benzene rings is 1. The highest BCUT2D eigenvalue weighted by molar-refractivity contribution is 5.43. The molecule has 1 atom stereocenters. The van der Waals surface area contributed by atoms with Crippen molar-refractivity contribution in [3.05, 3.63) is 29.3 Å². The number of aromatic hydroxyl groups is 1. The Morgan fingerprint density at radius 1 is 1.20 bits per heavy atom. The first-order valence-corrected chi connectivity index (χ1v) is 7.73. The Morgan fingerprint density at radius 3 is 2.40 bits per heavy atom. The van der Waals surface area contributed by atoms with Gasteiger partial charge in [0, 0.05) is 11.5 Å². The molecule has 1 aliphatic heterocycles. The van der Waals surface area contributed by atoms with Crippen molar-refractivity contribution in [2.24, 2.45) is 5.92 Å². The van der Waals surface area contributed by atoms with Gasteiger partial charge in [-0.2, -0.15) is 5.48 Å². The zero-order chi connectivity index (χ0) is 14.4. The van der Waals surface area contributed by atoms with E-state index in [0.717, 1.165) is 11.1 Å². The van der Waals surface area contributed by atoms with Crippen LogP contribution in [0, 0.1) is 5.92 Å². The Morgan fingerprint density at radius 2 is 1.85 bits per heavy atom. The molecular formula is C17H25NO2. The van der Waals surface area contributed by atoms with Crippen molar-refractivity contribution < 1.29 is 9.94 Å². The second kappa shape index (κ2) is 4.74. The highest BCUT2D eigenvalue weighted by Gasteiger charge is 2.53. The number of nitrogens with one attached hydrogen (secondary N) is 1. The molecule has 1 aromatic carbocycles. The van der Waals surface area contributed by atoms with Gasteiger partial charge in [0.15, 0.2) is 5.72 Å². The van der Waals surface area contributed by atoms with E-state index in [1.165, 1.54) is 32.1 Å². The molecule has 2 fully saturated rings. The van der Waals surface area contributed by atoms with Crippen molar-refractivity contribution >= 4 is 0 Å². The van der Waals surface area contributed by atoms with Crippen LogP contribution in [0.5, 0.6) is 5.75 Å². The topological polar surface area (TPSA) is 54.7 Å². The van der Waals surface area contributed by atoms with Crippen LogP contribution in [0.25, 0.3) is 0 Å². The van der Waals surface area contributed by atoms with E-state index in [2.05, 4.69) is 32.3 Å². The standard InChI is InChI=1S/C17H25NO2/c1-16(2,3)14-11-13(9-10-15(14)19)17(18-20-17)12-7-5-4-6-8-12/h9-12,18-19H,4-8H2,1-3H3. The molecule has 0 spiro atoms. The van der Waals surface area contributed by atoms with Crippen molar-refractivity contribution in [3.8, 4) is 5.75 Å².